The Morgan fingerprint density at radius 1 is 0.944 bits per heavy atom. The van der Waals surface area contributed by atoms with Crippen molar-refractivity contribution in [3.8, 4) is 28.1 Å². The molecule has 0 bridgehead atoms. The Balaban J connectivity index is 1.53. The highest BCUT2D eigenvalue weighted by molar-refractivity contribution is 7.16. The van der Waals surface area contributed by atoms with Gasteiger partial charge in [0.2, 0.25) is 0 Å². The molecule has 9 heteroatoms. The summed E-state index contributed by atoms with van der Waals surface area (Å²) in [7, 11) is 0. The molecule has 2 N–H and O–H groups in total. The van der Waals surface area contributed by atoms with Crippen LogP contribution in [0.4, 0.5) is 23.2 Å². The molecule has 0 atom stereocenters. The maximum Gasteiger partial charge on any atom is 0.419 e. The summed E-state index contributed by atoms with van der Waals surface area (Å²) in [5.74, 6) is -1.12. The molecule has 0 saturated heterocycles. The Morgan fingerprint density at radius 2 is 1.75 bits per heavy atom. The number of aromatic hydroxyl groups is 1. The minimum atomic E-state index is -4.65. The van der Waals surface area contributed by atoms with Crippen molar-refractivity contribution in [2.24, 2.45) is 0 Å². The Labute approximate surface area is 207 Å². The Kier molecular flexibility index (Phi) is 6.09. The van der Waals surface area contributed by atoms with Crippen LogP contribution in [-0.4, -0.2) is 15.1 Å². The van der Waals surface area contributed by atoms with Gasteiger partial charge in [0.1, 0.15) is 11.6 Å². The third kappa shape index (κ3) is 4.74. The zero-order valence-corrected chi connectivity index (χ0v) is 19.7. The Morgan fingerprint density at radius 3 is 2.53 bits per heavy atom. The van der Waals surface area contributed by atoms with Crippen molar-refractivity contribution < 1.29 is 22.7 Å². The zero-order valence-electron chi connectivity index (χ0n) is 18.9. The zero-order chi connectivity index (χ0) is 25.4. The second-order valence-corrected chi connectivity index (χ2v) is 9.21. The van der Waals surface area contributed by atoms with Crippen molar-refractivity contribution >= 4 is 27.2 Å². The number of fused-ring (bicyclic) bond motifs is 1. The molecule has 182 valence electrons. The van der Waals surface area contributed by atoms with E-state index < -0.39 is 17.5 Å². The molecule has 0 fully saturated rings. The number of phenols is 1. The SMILES string of the molecule is Cc1cc(-c2ncc(NCc3ccc(O)c(C(F)(F)F)c3)cc2-c2ccc3ncsc3c2)ccc1F. The smallest absolute Gasteiger partial charge is 0.419 e. The largest absolute Gasteiger partial charge is 0.507 e. The molecule has 0 radical (unpaired) electrons. The average Bonchev–Trinajstić information content (AvgIpc) is 3.32. The van der Waals surface area contributed by atoms with Crippen molar-refractivity contribution in [3.05, 3.63) is 94.9 Å². The fourth-order valence-electron chi connectivity index (χ4n) is 3.95. The predicted molar refractivity (Wildman–Crippen MR) is 133 cm³/mol. The molecule has 2 heterocycles. The highest BCUT2D eigenvalue weighted by Crippen LogP contribution is 2.37. The van der Waals surface area contributed by atoms with Crippen molar-refractivity contribution in [2.75, 3.05) is 5.32 Å². The summed E-state index contributed by atoms with van der Waals surface area (Å²) in [6.07, 6.45) is -3.06. The molecule has 5 rings (SSSR count). The number of rotatable bonds is 5. The van der Waals surface area contributed by atoms with Crippen LogP contribution in [-0.2, 0) is 12.7 Å². The van der Waals surface area contributed by atoms with Gasteiger partial charge in [-0.2, -0.15) is 13.2 Å². The second-order valence-electron chi connectivity index (χ2n) is 8.32. The normalized spacial score (nSPS) is 11.7. The van der Waals surface area contributed by atoms with E-state index in [9.17, 15) is 22.7 Å². The highest BCUT2D eigenvalue weighted by Gasteiger charge is 2.34. The van der Waals surface area contributed by atoms with E-state index in [2.05, 4.69) is 15.3 Å². The lowest BCUT2D eigenvalue weighted by atomic mass is 9.97. The van der Waals surface area contributed by atoms with E-state index in [1.165, 1.54) is 23.5 Å². The number of phenolic OH excluding ortho intramolecular Hbond substituents is 1. The number of thiazole rings is 1. The van der Waals surface area contributed by atoms with Gasteiger partial charge in [0.15, 0.2) is 0 Å². The number of benzene rings is 3. The van der Waals surface area contributed by atoms with E-state index in [0.29, 0.717) is 22.5 Å². The van der Waals surface area contributed by atoms with Crippen molar-refractivity contribution in [3.63, 3.8) is 0 Å². The first-order valence-corrected chi connectivity index (χ1v) is 11.8. The number of halogens is 4. The molecule has 0 saturated carbocycles. The lowest BCUT2D eigenvalue weighted by molar-refractivity contribution is -0.138. The van der Waals surface area contributed by atoms with Gasteiger partial charge in [0.25, 0.3) is 0 Å². The monoisotopic (exact) mass is 509 g/mol. The topological polar surface area (TPSA) is 58.0 Å². The van der Waals surface area contributed by atoms with Crippen LogP contribution in [0.25, 0.3) is 32.6 Å². The molecule has 0 spiro atoms. The molecule has 4 nitrogen and oxygen atoms in total. The van der Waals surface area contributed by atoms with Crippen molar-refractivity contribution in [2.45, 2.75) is 19.6 Å². The van der Waals surface area contributed by atoms with Crippen LogP contribution < -0.4 is 5.32 Å². The third-order valence-electron chi connectivity index (χ3n) is 5.82. The van der Waals surface area contributed by atoms with Crippen molar-refractivity contribution in [1.82, 2.24) is 9.97 Å². The first kappa shape index (κ1) is 23.7. The number of aryl methyl sites for hydroxylation is 1. The minimum absolute atomic E-state index is 0.0906. The van der Waals surface area contributed by atoms with E-state index in [4.69, 9.17) is 0 Å². The molecule has 0 aliphatic heterocycles. The number of alkyl halides is 3. The number of anilines is 1. The van der Waals surface area contributed by atoms with Crippen molar-refractivity contribution in [1.29, 1.82) is 0 Å². The minimum Gasteiger partial charge on any atom is -0.507 e. The highest BCUT2D eigenvalue weighted by atomic mass is 32.1. The molecule has 0 aliphatic rings. The summed E-state index contributed by atoms with van der Waals surface area (Å²) >= 11 is 1.51. The summed E-state index contributed by atoms with van der Waals surface area (Å²) in [5.41, 5.74) is 6.05. The maximum absolute atomic E-state index is 13.9. The fourth-order valence-corrected chi connectivity index (χ4v) is 4.67. The maximum atomic E-state index is 13.9. The van der Waals surface area contributed by atoms with Gasteiger partial charge in [-0.3, -0.25) is 4.98 Å². The predicted octanol–water partition coefficient (Wildman–Crippen LogP) is 7.81. The van der Waals surface area contributed by atoms with E-state index in [1.807, 2.05) is 24.3 Å². The van der Waals surface area contributed by atoms with Gasteiger partial charge in [-0.15, -0.1) is 11.3 Å². The van der Waals surface area contributed by atoms with Gasteiger partial charge in [-0.25, -0.2) is 9.37 Å². The molecule has 0 amide bonds. The van der Waals surface area contributed by atoms with Crippen LogP contribution in [0.15, 0.2) is 72.4 Å². The first-order valence-electron chi connectivity index (χ1n) is 10.9. The molecular weight excluding hydrogens is 490 g/mol. The van der Waals surface area contributed by atoms with Crippen LogP contribution >= 0.6 is 11.3 Å². The van der Waals surface area contributed by atoms with Gasteiger partial charge < -0.3 is 10.4 Å². The van der Waals surface area contributed by atoms with Crippen LogP contribution in [0.5, 0.6) is 5.75 Å². The molecule has 2 aromatic heterocycles. The first-order chi connectivity index (χ1) is 17.2. The van der Waals surface area contributed by atoms with Crippen LogP contribution in [0, 0.1) is 12.7 Å². The van der Waals surface area contributed by atoms with Gasteiger partial charge >= 0.3 is 6.18 Å². The van der Waals surface area contributed by atoms with E-state index >= 15 is 0 Å². The Hall–Kier alpha value is -3.98. The average molecular weight is 510 g/mol. The summed E-state index contributed by atoms with van der Waals surface area (Å²) in [6.45, 7) is 1.78. The van der Waals surface area contributed by atoms with Crippen LogP contribution in [0.3, 0.4) is 0 Å². The molecule has 0 aliphatic carbocycles. The molecule has 3 aromatic carbocycles. The lowest BCUT2D eigenvalue weighted by Crippen LogP contribution is -2.07. The fraction of sp³-hybridized carbons (Fsp3) is 0.111. The molecule has 0 unspecified atom stereocenters. The van der Waals surface area contributed by atoms with Gasteiger partial charge in [-0.05, 0) is 72.1 Å². The van der Waals surface area contributed by atoms with E-state index in [1.54, 1.807) is 30.8 Å². The number of pyridine rings is 1. The second kappa shape index (κ2) is 9.23. The molecule has 5 aromatic rings. The van der Waals surface area contributed by atoms with Crippen LogP contribution in [0.2, 0.25) is 0 Å². The van der Waals surface area contributed by atoms with Gasteiger partial charge in [-0.1, -0.05) is 12.1 Å². The summed E-state index contributed by atoms with van der Waals surface area (Å²) < 4.78 is 54.4. The third-order valence-corrected chi connectivity index (χ3v) is 6.62. The summed E-state index contributed by atoms with van der Waals surface area (Å²) in [5, 5.41) is 12.7. The van der Waals surface area contributed by atoms with Gasteiger partial charge in [0, 0.05) is 17.7 Å². The number of aromatic nitrogens is 2. The number of hydrogen-bond acceptors (Lipinski definition) is 5. The molecular formula is C27H19F4N3OS. The van der Waals surface area contributed by atoms with Gasteiger partial charge in [0.05, 0.1) is 38.9 Å². The summed E-state index contributed by atoms with van der Waals surface area (Å²) in [4.78, 5) is 8.95. The Bertz CT molecular complexity index is 1580. The number of nitrogens with zero attached hydrogens (tertiary/aromatic N) is 2. The number of hydrogen-bond donors (Lipinski definition) is 2. The quantitative estimate of drug-likeness (QED) is 0.237. The van der Waals surface area contributed by atoms with E-state index in [0.717, 1.165) is 39.0 Å². The summed E-state index contributed by atoms with van der Waals surface area (Å²) in [6, 6.07) is 15.9. The van der Waals surface area contributed by atoms with Crippen LogP contribution in [0.1, 0.15) is 16.7 Å². The van der Waals surface area contributed by atoms with E-state index in [-0.39, 0.29) is 12.4 Å². The standard InChI is InChI=1S/C27H19F4N3OS/c1-15-8-18(3-5-22(15)28)26-20(17-4-6-23-25(10-17)36-14-34-23)11-19(13-33-26)32-12-16-2-7-24(35)21(9-16)27(29,30)31/h2-11,13-14,32,35H,12H2,1H3. The lowest BCUT2D eigenvalue weighted by Gasteiger charge is -2.15. The molecule has 36 heavy (non-hydrogen) atoms. The number of nitrogens with one attached hydrogen (secondary N) is 1.